The van der Waals surface area contributed by atoms with Gasteiger partial charge in [-0.15, -0.1) is 0 Å². The molecule has 0 aliphatic rings. The molecule has 1 atom stereocenters. The lowest BCUT2D eigenvalue weighted by atomic mass is 10.1. The fourth-order valence-electron chi connectivity index (χ4n) is 1.85. The summed E-state index contributed by atoms with van der Waals surface area (Å²) in [5.74, 6) is -0.120. The minimum atomic E-state index is -0.120. The van der Waals surface area contributed by atoms with Crippen molar-refractivity contribution in [2.75, 3.05) is 7.05 Å². The molecule has 2 rings (SSSR count). The van der Waals surface area contributed by atoms with Crippen molar-refractivity contribution < 1.29 is 4.79 Å². The number of carbonyl (C=O) groups excluding carboxylic acids is 1. The Kier molecular flexibility index (Phi) is 4.78. The second kappa shape index (κ2) is 6.37. The highest BCUT2D eigenvalue weighted by Gasteiger charge is 2.19. The Morgan fingerprint density at radius 2 is 2.10 bits per heavy atom. The van der Waals surface area contributed by atoms with Crippen LogP contribution in [0.25, 0.3) is 0 Å². The Balaban J connectivity index is 2.20. The molecule has 3 nitrogen and oxygen atoms in total. The van der Waals surface area contributed by atoms with Crippen LogP contribution >= 0.6 is 27.5 Å². The SMILES string of the molecule is CC(c1cccc(Cl)c1)N(C)C(=O)c1ccc(Br)cn1. The molecule has 1 aromatic heterocycles. The first-order valence-corrected chi connectivity index (χ1v) is 7.30. The minimum Gasteiger partial charge on any atom is -0.334 e. The maximum atomic E-state index is 12.4. The van der Waals surface area contributed by atoms with Crippen LogP contribution in [0.4, 0.5) is 0 Å². The molecule has 104 valence electrons. The van der Waals surface area contributed by atoms with E-state index in [0.29, 0.717) is 10.7 Å². The molecule has 5 heteroatoms. The van der Waals surface area contributed by atoms with E-state index in [-0.39, 0.29) is 11.9 Å². The predicted molar refractivity (Wildman–Crippen MR) is 83.9 cm³/mol. The smallest absolute Gasteiger partial charge is 0.272 e. The highest BCUT2D eigenvalue weighted by atomic mass is 79.9. The number of hydrogen-bond acceptors (Lipinski definition) is 2. The molecule has 0 radical (unpaired) electrons. The van der Waals surface area contributed by atoms with Gasteiger partial charge in [-0.2, -0.15) is 0 Å². The molecule has 0 aliphatic heterocycles. The van der Waals surface area contributed by atoms with Gasteiger partial charge in [0, 0.05) is 22.7 Å². The number of nitrogens with zero attached hydrogens (tertiary/aromatic N) is 2. The van der Waals surface area contributed by atoms with E-state index in [2.05, 4.69) is 20.9 Å². The maximum absolute atomic E-state index is 12.4. The van der Waals surface area contributed by atoms with E-state index in [4.69, 9.17) is 11.6 Å². The summed E-state index contributed by atoms with van der Waals surface area (Å²) in [7, 11) is 1.76. The normalized spacial score (nSPS) is 12.0. The number of aromatic nitrogens is 1. The first-order chi connectivity index (χ1) is 9.49. The van der Waals surface area contributed by atoms with Gasteiger partial charge in [0.05, 0.1) is 6.04 Å². The van der Waals surface area contributed by atoms with Crippen LogP contribution in [-0.4, -0.2) is 22.8 Å². The van der Waals surface area contributed by atoms with Crippen molar-refractivity contribution in [3.8, 4) is 0 Å². The molecule has 2 aromatic rings. The van der Waals surface area contributed by atoms with Gasteiger partial charge in [0.1, 0.15) is 5.69 Å². The Bertz CT molecular complexity index is 616. The van der Waals surface area contributed by atoms with Crippen molar-refractivity contribution in [1.29, 1.82) is 0 Å². The lowest BCUT2D eigenvalue weighted by Gasteiger charge is -2.25. The summed E-state index contributed by atoms with van der Waals surface area (Å²) >= 11 is 9.29. The zero-order valence-corrected chi connectivity index (χ0v) is 13.5. The number of hydrogen-bond donors (Lipinski definition) is 0. The van der Waals surface area contributed by atoms with Crippen molar-refractivity contribution in [2.24, 2.45) is 0 Å². The van der Waals surface area contributed by atoms with E-state index in [0.717, 1.165) is 10.0 Å². The fourth-order valence-corrected chi connectivity index (χ4v) is 2.28. The summed E-state index contributed by atoms with van der Waals surface area (Å²) in [5.41, 5.74) is 1.41. The highest BCUT2D eigenvalue weighted by molar-refractivity contribution is 9.10. The molecule has 0 N–H and O–H groups in total. The summed E-state index contributed by atoms with van der Waals surface area (Å²) in [5, 5.41) is 0.664. The highest BCUT2D eigenvalue weighted by Crippen LogP contribution is 2.23. The van der Waals surface area contributed by atoms with E-state index in [1.54, 1.807) is 30.3 Å². The minimum absolute atomic E-state index is 0.0772. The van der Waals surface area contributed by atoms with Crippen LogP contribution in [0.3, 0.4) is 0 Å². The summed E-state index contributed by atoms with van der Waals surface area (Å²) in [6.07, 6.45) is 1.62. The molecule has 1 amide bonds. The van der Waals surface area contributed by atoms with E-state index in [1.165, 1.54) is 0 Å². The summed E-state index contributed by atoms with van der Waals surface area (Å²) < 4.78 is 0.847. The molecular weight excluding hydrogens is 340 g/mol. The van der Waals surface area contributed by atoms with Crippen molar-refractivity contribution in [1.82, 2.24) is 9.88 Å². The Hall–Kier alpha value is -1.39. The molecule has 20 heavy (non-hydrogen) atoms. The number of rotatable bonds is 3. The number of benzene rings is 1. The van der Waals surface area contributed by atoms with Crippen LogP contribution in [-0.2, 0) is 0 Å². The topological polar surface area (TPSA) is 33.2 Å². The number of halogens is 2. The lowest BCUT2D eigenvalue weighted by Crippen LogP contribution is -2.30. The van der Waals surface area contributed by atoms with Gasteiger partial charge in [0.15, 0.2) is 0 Å². The van der Waals surface area contributed by atoms with Gasteiger partial charge in [-0.3, -0.25) is 4.79 Å². The summed E-state index contributed by atoms with van der Waals surface area (Å²) in [6.45, 7) is 1.96. The molecule has 1 unspecified atom stereocenters. The van der Waals surface area contributed by atoms with Crippen molar-refractivity contribution in [3.63, 3.8) is 0 Å². The lowest BCUT2D eigenvalue weighted by molar-refractivity contribution is 0.0736. The van der Waals surface area contributed by atoms with E-state index < -0.39 is 0 Å². The number of amides is 1. The second-order valence-electron chi connectivity index (χ2n) is 4.51. The molecular formula is C15H14BrClN2O. The first kappa shape index (κ1) is 15.0. The van der Waals surface area contributed by atoms with Crippen LogP contribution in [0.1, 0.15) is 29.0 Å². The van der Waals surface area contributed by atoms with Gasteiger partial charge in [-0.25, -0.2) is 4.98 Å². The number of pyridine rings is 1. The number of carbonyl (C=O) groups is 1. The van der Waals surface area contributed by atoms with Gasteiger partial charge >= 0.3 is 0 Å². The predicted octanol–water partition coefficient (Wildman–Crippen LogP) is 4.33. The fraction of sp³-hybridized carbons (Fsp3) is 0.200. The Morgan fingerprint density at radius 1 is 1.35 bits per heavy atom. The first-order valence-electron chi connectivity index (χ1n) is 6.13. The van der Waals surface area contributed by atoms with E-state index in [1.807, 2.05) is 31.2 Å². The van der Waals surface area contributed by atoms with Crippen LogP contribution < -0.4 is 0 Å². The van der Waals surface area contributed by atoms with Crippen LogP contribution in [0.5, 0.6) is 0 Å². The molecule has 0 saturated heterocycles. The molecule has 0 fully saturated rings. The van der Waals surface area contributed by atoms with Gasteiger partial charge < -0.3 is 4.90 Å². The monoisotopic (exact) mass is 352 g/mol. The van der Waals surface area contributed by atoms with Crippen molar-refractivity contribution in [2.45, 2.75) is 13.0 Å². The van der Waals surface area contributed by atoms with E-state index in [9.17, 15) is 4.79 Å². The second-order valence-corrected chi connectivity index (χ2v) is 5.86. The van der Waals surface area contributed by atoms with Gasteiger partial charge in [-0.1, -0.05) is 23.7 Å². The standard InChI is InChI=1S/C15H14BrClN2O/c1-10(11-4-3-5-13(17)8-11)19(2)15(20)14-7-6-12(16)9-18-14/h3-10H,1-2H3. The van der Waals surface area contributed by atoms with Gasteiger partial charge in [-0.05, 0) is 52.7 Å². The molecule has 0 saturated carbocycles. The summed E-state index contributed by atoms with van der Waals surface area (Å²) in [4.78, 5) is 18.2. The largest absolute Gasteiger partial charge is 0.334 e. The molecule has 0 aliphatic carbocycles. The summed E-state index contributed by atoms with van der Waals surface area (Å²) in [6, 6.07) is 10.9. The Labute approximate surface area is 131 Å². The van der Waals surface area contributed by atoms with Crippen LogP contribution in [0, 0.1) is 0 Å². The van der Waals surface area contributed by atoms with Crippen LogP contribution in [0.2, 0.25) is 5.02 Å². The third-order valence-corrected chi connectivity index (χ3v) is 3.88. The van der Waals surface area contributed by atoms with Crippen molar-refractivity contribution >= 4 is 33.4 Å². The quantitative estimate of drug-likeness (QED) is 0.823. The third-order valence-electron chi connectivity index (χ3n) is 3.18. The average molecular weight is 354 g/mol. The zero-order valence-electron chi connectivity index (χ0n) is 11.2. The Morgan fingerprint density at radius 3 is 2.70 bits per heavy atom. The molecule has 1 heterocycles. The maximum Gasteiger partial charge on any atom is 0.272 e. The van der Waals surface area contributed by atoms with Gasteiger partial charge in [0.25, 0.3) is 5.91 Å². The molecule has 0 bridgehead atoms. The average Bonchev–Trinajstić information content (AvgIpc) is 2.46. The van der Waals surface area contributed by atoms with Crippen LogP contribution in [0.15, 0.2) is 47.1 Å². The zero-order chi connectivity index (χ0) is 14.7. The molecule has 1 aromatic carbocycles. The third kappa shape index (κ3) is 3.38. The molecule has 0 spiro atoms. The van der Waals surface area contributed by atoms with Crippen molar-refractivity contribution in [3.05, 3.63) is 63.3 Å². The van der Waals surface area contributed by atoms with Gasteiger partial charge in [0.2, 0.25) is 0 Å². The van der Waals surface area contributed by atoms with E-state index >= 15 is 0 Å².